The average Bonchev–Trinajstić information content (AvgIpc) is 2.85. The Labute approximate surface area is 123 Å². The molecule has 1 heterocycles. The minimum absolute atomic E-state index is 0.238. The minimum atomic E-state index is 0.238. The fourth-order valence-corrected chi connectivity index (χ4v) is 3.76. The third-order valence-corrected chi connectivity index (χ3v) is 4.95. The molecule has 0 spiro atoms. The highest BCUT2D eigenvalue weighted by molar-refractivity contribution is 5.35. The maximum absolute atomic E-state index is 3.68. The Balaban J connectivity index is 1.74. The van der Waals surface area contributed by atoms with Gasteiger partial charge >= 0.3 is 0 Å². The van der Waals surface area contributed by atoms with E-state index >= 15 is 0 Å². The van der Waals surface area contributed by atoms with Gasteiger partial charge in [0.05, 0.1) is 0 Å². The van der Waals surface area contributed by atoms with Gasteiger partial charge in [-0.2, -0.15) is 0 Å². The third-order valence-electron chi connectivity index (χ3n) is 4.95. The quantitative estimate of drug-likeness (QED) is 0.909. The first-order valence-corrected chi connectivity index (χ1v) is 8.17. The van der Waals surface area contributed by atoms with Crippen LogP contribution >= 0.6 is 0 Å². The Kier molecular flexibility index (Phi) is 3.87. The summed E-state index contributed by atoms with van der Waals surface area (Å²) in [6, 6.07) is 7.86. The Morgan fingerprint density at radius 3 is 2.85 bits per heavy atom. The number of fused-ring (bicyclic) bond motifs is 1. The molecule has 3 rings (SSSR count). The maximum atomic E-state index is 3.68. The number of nitrogens with zero attached hydrogens (tertiary/aromatic N) is 1. The molecule has 2 heteroatoms. The Bertz CT molecular complexity index is 478. The molecule has 1 aliphatic heterocycles. The number of hydrogen-bond donors (Lipinski definition) is 1. The lowest BCUT2D eigenvalue weighted by molar-refractivity contribution is 0.0858. The van der Waals surface area contributed by atoms with Crippen LogP contribution in [-0.4, -0.2) is 29.6 Å². The van der Waals surface area contributed by atoms with Crippen molar-refractivity contribution in [2.24, 2.45) is 0 Å². The lowest BCUT2D eigenvalue weighted by atomic mass is 9.96. The molecule has 1 fully saturated rings. The van der Waals surface area contributed by atoms with Gasteiger partial charge in [0.2, 0.25) is 0 Å². The van der Waals surface area contributed by atoms with E-state index in [0.717, 1.165) is 19.6 Å². The van der Waals surface area contributed by atoms with Crippen molar-refractivity contribution in [3.8, 4) is 0 Å². The summed E-state index contributed by atoms with van der Waals surface area (Å²) in [6.45, 7) is 10.3. The summed E-state index contributed by atoms with van der Waals surface area (Å²) in [5.74, 6) is 0. The van der Waals surface area contributed by atoms with Crippen LogP contribution in [0.15, 0.2) is 18.2 Å². The summed E-state index contributed by atoms with van der Waals surface area (Å²) in [5, 5.41) is 3.68. The monoisotopic (exact) mass is 272 g/mol. The summed E-state index contributed by atoms with van der Waals surface area (Å²) >= 11 is 0. The molecule has 2 nitrogen and oxygen atoms in total. The molecule has 0 radical (unpaired) electrons. The highest BCUT2D eigenvalue weighted by Crippen LogP contribution is 2.25. The molecule has 0 aromatic heterocycles. The highest BCUT2D eigenvalue weighted by Gasteiger charge is 2.31. The smallest absolute Gasteiger partial charge is 0.0253 e. The first kappa shape index (κ1) is 14.1. The molecule has 1 unspecified atom stereocenters. The van der Waals surface area contributed by atoms with E-state index in [2.05, 4.69) is 49.2 Å². The normalized spacial score (nSPS) is 25.6. The van der Waals surface area contributed by atoms with E-state index in [4.69, 9.17) is 0 Å². The second-order valence-electron chi connectivity index (χ2n) is 7.19. The fraction of sp³-hybridized carbons (Fsp3) is 0.667. The second kappa shape index (κ2) is 5.50. The van der Waals surface area contributed by atoms with Gasteiger partial charge in [-0.25, -0.2) is 0 Å². The standard InChI is InChI=1S/C18H28N2/c1-4-17-11-19-18(2,3)13-20(17)12-14-8-9-15-6-5-7-16(15)10-14/h8-10,17,19H,4-7,11-13H2,1-3H3. The zero-order valence-electron chi connectivity index (χ0n) is 13.2. The molecule has 1 N–H and O–H groups in total. The number of aryl methyl sites for hydroxylation is 2. The van der Waals surface area contributed by atoms with E-state index in [-0.39, 0.29) is 5.54 Å². The van der Waals surface area contributed by atoms with Crippen molar-refractivity contribution >= 4 is 0 Å². The molecule has 1 saturated heterocycles. The SMILES string of the molecule is CCC1CNC(C)(C)CN1Cc1ccc2c(c1)CCC2. The Hall–Kier alpha value is -0.860. The van der Waals surface area contributed by atoms with E-state index in [0.29, 0.717) is 6.04 Å². The summed E-state index contributed by atoms with van der Waals surface area (Å²) in [7, 11) is 0. The molecule has 0 saturated carbocycles. The van der Waals surface area contributed by atoms with Crippen LogP contribution < -0.4 is 5.32 Å². The summed E-state index contributed by atoms with van der Waals surface area (Å²) in [5.41, 5.74) is 4.93. The molecular weight excluding hydrogens is 244 g/mol. The minimum Gasteiger partial charge on any atom is -0.309 e. The fourth-order valence-electron chi connectivity index (χ4n) is 3.76. The molecule has 2 aliphatic rings. The van der Waals surface area contributed by atoms with Crippen molar-refractivity contribution in [2.75, 3.05) is 13.1 Å². The molecule has 110 valence electrons. The van der Waals surface area contributed by atoms with Crippen molar-refractivity contribution < 1.29 is 0 Å². The van der Waals surface area contributed by atoms with Crippen LogP contribution in [0.5, 0.6) is 0 Å². The van der Waals surface area contributed by atoms with Gasteiger partial charge in [0.15, 0.2) is 0 Å². The number of rotatable bonds is 3. The van der Waals surface area contributed by atoms with Crippen molar-refractivity contribution in [1.82, 2.24) is 10.2 Å². The van der Waals surface area contributed by atoms with E-state index in [1.54, 1.807) is 11.1 Å². The zero-order valence-corrected chi connectivity index (χ0v) is 13.2. The topological polar surface area (TPSA) is 15.3 Å². The van der Waals surface area contributed by atoms with Crippen LogP contribution in [0.25, 0.3) is 0 Å². The van der Waals surface area contributed by atoms with Gasteiger partial charge in [-0.1, -0.05) is 25.1 Å². The Morgan fingerprint density at radius 1 is 1.25 bits per heavy atom. The highest BCUT2D eigenvalue weighted by atomic mass is 15.2. The molecule has 1 aromatic carbocycles. The number of hydrogen-bond acceptors (Lipinski definition) is 2. The van der Waals surface area contributed by atoms with Crippen molar-refractivity contribution in [1.29, 1.82) is 0 Å². The zero-order chi connectivity index (χ0) is 14.2. The van der Waals surface area contributed by atoms with E-state index in [1.807, 2.05) is 0 Å². The van der Waals surface area contributed by atoms with Gasteiger partial charge in [0.1, 0.15) is 0 Å². The van der Waals surface area contributed by atoms with Gasteiger partial charge in [0, 0.05) is 31.2 Å². The lowest BCUT2D eigenvalue weighted by Gasteiger charge is -2.44. The van der Waals surface area contributed by atoms with Crippen molar-refractivity contribution in [2.45, 2.75) is 64.6 Å². The van der Waals surface area contributed by atoms with Crippen LogP contribution in [0, 0.1) is 0 Å². The average molecular weight is 272 g/mol. The summed E-state index contributed by atoms with van der Waals surface area (Å²) in [4.78, 5) is 2.67. The van der Waals surface area contributed by atoms with Crippen LogP contribution in [0.3, 0.4) is 0 Å². The number of piperazine rings is 1. The first-order valence-electron chi connectivity index (χ1n) is 8.17. The Morgan fingerprint density at radius 2 is 2.05 bits per heavy atom. The predicted molar refractivity (Wildman–Crippen MR) is 85.0 cm³/mol. The van der Waals surface area contributed by atoms with E-state index in [9.17, 15) is 0 Å². The van der Waals surface area contributed by atoms with Crippen LogP contribution in [0.2, 0.25) is 0 Å². The molecule has 0 amide bonds. The summed E-state index contributed by atoms with van der Waals surface area (Å²) < 4.78 is 0. The third kappa shape index (κ3) is 2.91. The van der Waals surface area contributed by atoms with Crippen LogP contribution in [0.1, 0.15) is 50.3 Å². The van der Waals surface area contributed by atoms with E-state index in [1.165, 1.54) is 31.2 Å². The maximum Gasteiger partial charge on any atom is 0.0253 e. The largest absolute Gasteiger partial charge is 0.309 e. The molecule has 20 heavy (non-hydrogen) atoms. The molecular formula is C18H28N2. The lowest BCUT2D eigenvalue weighted by Crippen LogP contribution is -2.60. The van der Waals surface area contributed by atoms with Crippen LogP contribution in [0.4, 0.5) is 0 Å². The molecule has 1 aliphatic carbocycles. The second-order valence-corrected chi connectivity index (χ2v) is 7.19. The number of benzene rings is 1. The summed E-state index contributed by atoms with van der Waals surface area (Å²) in [6.07, 6.45) is 5.15. The molecule has 1 atom stereocenters. The van der Waals surface area contributed by atoms with Crippen molar-refractivity contribution in [3.63, 3.8) is 0 Å². The first-order chi connectivity index (χ1) is 9.57. The number of nitrogens with one attached hydrogen (secondary N) is 1. The van der Waals surface area contributed by atoms with Gasteiger partial charge in [-0.05, 0) is 56.2 Å². The van der Waals surface area contributed by atoms with Gasteiger partial charge < -0.3 is 5.32 Å². The predicted octanol–water partition coefficient (Wildman–Crippen LogP) is 3.14. The van der Waals surface area contributed by atoms with Crippen molar-refractivity contribution in [3.05, 3.63) is 34.9 Å². The molecule has 0 bridgehead atoms. The molecule has 1 aromatic rings. The van der Waals surface area contributed by atoms with Gasteiger partial charge in [-0.3, -0.25) is 4.90 Å². The van der Waals surface area contributed by atoms with Gasteiger partial charge in [-0.15, -0.1) is 0 Å². The van der Waals surface area contributed by atoms with E-state index < -0.39 is 0 Å². The van der Waals surface area contributed by atoms with Gasteiger partial charge in [0.25, 0.3) is 0 Å². The van der Waals surface area contributed by atoms with Crippen LogP contribution in [-0.2, 0) is 19.4 Å².